The van der Waals surface area contributed by atoms with Crippen LogP contribution in [0.5, 0.6) is 5.75 Å². The third kappa shape index (κ3) is 5.57. The van der Waals surface area contributed by atoms with E-state index in [1.807, 2.05) is 31.2 Å². The number of benzene rings is 2. The molecule has 0 aliphatic rings. The van der Waals surface area contributed by atoms with Crippen LogP contribution in [0.4, 0.5) is 11.4 Å². The van der Waals surface area contributed by atoms with E-state index in [4.69, 9.17) is 17.0 Å². The number of unbranched alkanes of at least 4 members (excludes halogenated alkanes) is 1. The van der Waals surface area contributed by atoms with Crippen molar-refractivity contribution in [3.05, 3.63) is 54.1 Å². The van der Waals surface area contributed by atoms with Gasteiger partial charge >= 0.3 is 0 Å². The van der Waals surface area contributed by atoms with Gasteiger partial charge < -0.3 is 15.4 Å². The van der Waals surface area contributed by atoms with Crippen LogP contribution in [0, 0.1) is 0 Å². The summed E-state index contributed by atoms with van der Waals surface area (Å²) in [5, 5.41) is 6.95. The van der Waals surface area contributed by atoms with E-state index in [0.717, 1.165) is 23.5 Å². The topological polar surface area (TPSA) is 33.3 Å². The minimum absolute atomic E-state index is 0.554. The molecule has 0 atom stereocenters. The quantitative estimate of drug-likeness (QED) is 0.681. The van der Waals surface area contributed by atoms with Crippen LogP contribution in [0.25, 0.3) is 0 Å². The van der Waals surface area contributed by atoms with Gasteiger partial charge in [-0.3, -0.25) is 0 Å². The van der Waals surface area contributed by atoms with Gasteiger partial charge in [-0.15, -0.1) is 0 Å². The van der Waals surface area contributed by atoms with Crippen molar-refractivity contribution in [2.24, 2.45) is 0 Å². The van der Waals surface area contributed by atoms with Gasteiger partial charge in [0.15, 0.2) is 5.11 Å². The number of ether oxygens (including phenoxy) is 1. The third-order valence-corrected chi connectivity index (χ3v) is 3.67. The highest BCUT2D eigenvalue weighted by Gasteiger charge is 2.05. The van der Waals surface area contributed by atoms with Crippen molar-refractivity contribution < 1.29 is 4.74 Å². The van der Waals surface area contributed by atoms with Gasteiger partial charge in [0.05, 0.1) is 12.3 Å². The Hall–Kier alpha value is -2.07. The lowest BCUT2D eigenvalue weighted by atomic mass is 10.1. The summed E-state index contributed by atoms with van der Waals surface area (Å²) in [6.07, 6.45) is 3.56. The van der Waals surface area contributed by atoms with Crippen molar-refractivity contribution in [3.8, 4) is 5.75 Å². The molecule has 0 aliphatic carbocycles. The maximum atomic E-state index is 5.59. The van der Waals surface area contributed by atoms with Crippen LogP contribution in [0.3, 0.4) is 0 Å². The van der Waals surface area contributed by atoms with Crippen molar-refractivity contribution >= 4 is 28.7 Å². The number of thiocarbonyl (C=S) groups is 1. The lowest BCUT2D eigenvalue weighted by molar-refractivity contribution is 0.342. The Morgan fingerprint density at radius 3 is 2.43 bits per heavy atom. The smallest absolute Gasteiger partial charge is 0.175 e. The molecule has 0 bridgehead atoms. The average molecular weight is 328 g/mol. The zero-order chi connectivity index (χ0) is 16.5. The second-order valence-electron chi connectivity index (χ2n) is 5.31. The molecule has 0 fully saturated rings. The fourth-order valence-corrected chi connectivity index (χ4v) is 2.50. The SMILES string of the molecule is CCCCc1ccc(NC(=S)Nc2ccccc2OCC)cc1. The maximum absolute atomic E-state index is 5.59. The van der Waals surface area contributed by atoms with Gasteiger partial charge in [0, 0.05) is 5.69 Å². The number of nitrogens with one attached hydrogen (secondary N) is 2. The van der Waals surface area contributed by atoms with Gasteiger partial charge in [0.1, 0.15) is 5.75 Å². The second-order valence-corrected chi connectivity index (χ2v) is 5.72. The first-order chi connectivity index (χ1) is 11.2. The van der Waals surface area contributed by atoms with Crippen molar-refractivity contribution in [3.63, 3.8) is 0 Å². The van der Waals surface area contributed by atoms with Gasteiger partial charge in [-0.2, -0.15) is 0 Å². The summed E-state index contributed by atoms with van der Waals surface area (Å²) in [6, 6.07) is 16.2. The first-order valence-corrected chi connectivity index (χ1v) is 8.52. The van der Waals surface area contributed by atoms with E-state index in [9.17, 15) is 0 Å². The molecule has 0 aromatic heterocycles. The van der Waals surface area contributed by atoms with E-state index in [1.54, 1.807) is 0 Å². The number of aryl methyl sites for hydroxylation is 1. The van der Waals surface area contributed by atoms with Crippen LogP contribution in [0.15, 0.2) is 48.5 Å². The molecule has 2 aromatic carbocycles. The molecule has 0 saturated carbocycles. The molecule has 122 valence electrons. The van der Waals surface area contributed by atoms with Gasteiger partial charge in [0.2, 0.25) is 0 Å². The highest BCUT2D eigenvalue weighted by atomic mass is 32.1. The van der Waals surface area contributed by atoms with E-state index in [1.165, 1.54) is 18.4 Å². The van der Waals surface area contributed by atoms with Crippen LogP contribution >= 0.6 is 12.2 Å². The molecule has 0 unspecified atom stereocenters. The van der Waals surface area contributed by atoms with Crippen molar-refractivity contribution in [2.75, 3.05) is 17.2 Å². The second kappa shape index (κ2) is 9.16. The summed E-state index contributed by atoms with van der Waals surface area (Å²) < 4.78 is 5.59. The summed E-state index contributed by atoms with van der Waals surface area (Å²) in [7, 11) is 0. The Morgan fingerprint density at radius 2 is 1.74 bits per heavy atom. The summed E-state index contributed by atoms with van der Waals surface area (Å²) in [6.45, 7) is 4.80. The predicted octanol–water partition coefficient (Wildman–Crippen LogP) is 5.24. The summed E-state index contributed by atoms with van der Waals surface area (Å²) in [4.78, 5) is 0. The highest BCUT2D eigenvalue weighted by molar-refractivity contribution is 7.80. The van der Waals surface area contributed by atoms with E-state index in [0.29, 0.717) is 11.7 Å². The molecule has 0 radical (unpaired) electrons. The van der Waals surface area contributed by atoms with Crippen LogP contribution < -0.4 is 15.4 Å². The molecule has 0 amide bonds. The molecule has 2 aromatic rings. The van der Waals surface area contributed by atoms with Crippen molar-refractivity contribution in [1.29, 1.82) is 0 Å². The van der Waals surface area contributed by atoms with Crippen LogP contribution in [0.2, 0.25) is 0 Å². The number of rotatable bonds is 7. The minimum Gasteiger partial charge on any atom is -0.492 e. The summed E-state index contributed by atoms with van der Waals surface area (Å²) in [5.74, 6) is 0.800. The van der Waals surface area contributed by atoms with Gasteiger partial charge in [-0.05, 0) is 61.8 Å². The Bertz CT molecular complexity index is 626. The molecule has 0 aliphatic heterocycles. The maximum Gasteiger partial charge on any atom is 0.175 e. The number of anilines is 2. The molecular weight excluding hydrogens is 304 g/mol. The highest BCUT2D eigenvalue weighted by Crippen LogP contribution is 2.24. The van der Waals surface area contributed by atoms with Crippen LogP contribution in [0.1, 0.15) is 32.3 Å². The van der Waals surface area contributed by atoms with Crippen LogP contribution in [-0.2, 0) is 6.42 Å². The van der Waals surface area contributed by atoms with E-state index < -0.39 is 0 Å². The van der Waals surface area contributed by atoms with E-state index in [-0.39, 0.29) is 0 Å². The van der Waals surface area contributed by atoms with Crippen molar-refractivity contribution in [2.45, 2.75) is 33.1 Å². The predicted molar refractivity (Wildman–Crippen MR) is 103 cm³/mol. The lowest BCUT2D eigenvalue weighted by Crippen LogP contribution is -2.19. The first kappa shape index (κ1) is 17.3. The monoisotopic (exact) mass is 328 g/mol. The molecule has 4 heteroatoms. The number of hydrogen-bond donors (Lipinski definition) is 2. The zero-order valence-corrected chi connectivity index (χ0v) is 14.6. The van der Waals surface area contributed by atoms with Crippen molar-refractivity contribution in [1.82, 2.24) is 0 Å². The standard InChI is InChI=1S/C19H24N2OS/c1-3-5-8-15-11-13-16(14-12-15)20-19(23)21-17-9-6-7-10-18(17)22-4-2/h6-7,9-14H,3-5,8H2,1-2H3,(H2,20,21,23). The first-order valence-electron chi connectivity index (χ1n) is 8.11. The van der Waals surface area contributed by atoms with E-state index >= 15 is 0 Å². The number of hydrogen-bond acceptors (Lipinski definition) is 2. The zero-order valence-electron chi connectivity index (χ0n) is 13.8. The third-order valence-electron chi connectivity index (χ3n) is 3.47. The molecular formula is C19H24N2OS. The van der Waals surface area contributed by atoms with E-state index in [2.05, 4.69) is 41.8 Å². The average Bonchev–Trinajstić information content (AvgIpc) is 2.56. The van der Waals surface area contributed by atoms with Gasteiger partial charge in [-0.25, -0.2) is 0 Å². The Kier molecular flexibility index (Phi) is 6.88. The van der Waals surface area contributed by atoms with Gasteiger partial charge in [0.25, 0.3) is 0 Å². The normalized spacial score (nSPS) is 10.2. The summed E-state index contributed by atoms with van der Waals surface area (Å²) in [5.41, 5.74) is 3.21. The molecule has 0 saturated heterocycles. The largest absolute Gasteiger partial charge is 0.492 e. The Balaban J connectivity index is 1.94. The Labute approximate surface area is 144 Å². The van der Waals surface area contributed by atoms with Crippen LogP contribution in [-0.4, -0.2) is 11.7 Å². The summed E-state index contributed by atoms with van der Waals surface area (Å²) >= 11 is 5.39. The molecule has 2 rings (SSSR count). The molecule has 23 heavy (non-hydrogen) atoms. The molecule has 0 heterocycles. The molecule has 0 spiro atoms. The minimum atomic E-state index is 0.554. The molecule has 3 nitrogen and oxygen atoms in total. The molecule has 2 N–H and O–H groups in total. The fourth-order valence-electron chi connectivity index (χ4n) is 2.27. The number of para-hydroxylation sites is 2. The fraction of sp³-hybridized carbons (Fsp3) is 0.316. The lowest BCUT2D eigenvalue weighted by Gasteiger charge is -2.14. The Morgan fingerprint density at radius 1 is 1.00 bits per heavy atom. The van der Waals surface area contributed by atoms with Gasteiger partial charge in [-0.1, -0.05) is 37.6 Å².